The first-order valence-electron chi connectivity index (χ1n) is 8.17. The van der Waals surface area contributed by atoms with E-state index in [0.29, 0.717) is 48.6 Å². The van der Waals surface area contributed by atoms with Gasteiger partial charge in [0, 0.05) is 47.6 Å². The van der Waals surface area contributed by atoms with Crippen LogP contribution in [-0.2, 0) is 4.79 Å². The minimum atomic E-state index is -0.216. The quantitative estimate of drug-likeness (QED) is 0.572. The molecule has 0 fully saturated rings. The van der Waals surface area contributed by atoms with Gasteiger partial charge in [0.05, 0.1) is 0 Å². The Labute approximate surface area is 160 Å². The monoisotopic (exact) mass is 393 g/mol. The third-order valence-electron chi connectivity index (χ3n) is 3.49. The van der Waals surface area contributed by atoms with E-state index in [1.54, 1.807) is 35.7 Å². The van der Waals surface area contributed by atoms with Crippen LogP contribution in [0, 0.1) is 0 Å². The highest BCUT2D eigenvalue weighted by Crippen LogP contribution is 2.09. The van der Waals surface area contributed by atoms with E-state index in [1.807, 2.05) is 5.38 Å². The van der Waals surface area contributed by atoms with E-state index in [9.17, 15) is 14.4 Å². The highest BCUT2D eigenvalue weighted by molar-refractivity contribution is 7.08. The fourth-order valence-electron chi connectivity index (χ4n) is 2.12. The smallest absolute Gasteiger partial charge is 0.252 e. The molecule has 0 atom stereocenters. The molecule has 0 saturated heterocycles. The molecule has 2 rings (SSSR count). The number of nitrogens with one attached hydrogen (secondary N) is 3. The molecule has 0 aliphatic carbocycles. The largest absolute Gasteiger partial charge is 0.354 e. The van der Waals surface area contributed by atoms with Gasteiger partial charge in [0.25, 0.3) is 11.8 Å². The summed E-state index contributed by atoms with van der Waals surface area (Å²) in [5.74, 6) is -0.459. The zero-order valence-corrected chi connectivity index (χ0v) is 15.7. The summed E-state index contributed by atoms with van der Waals surface area (Å²) in [7, 11) is 0. The van der Waals surface area contributed by atoms with Crippen LogP contribution in [0.3, 0.4) is 0 Å². The summed E-state index contributed by atoms with van der Waals surface area (Å²) < 4.78 is 0. The summed E-state index contributed by atoms with van der Waals surface area (Å²) in [5.41, 5.74) is 1.15. The van der Waals surface area contributed by atoms with Gasteiger partial charge in [0.2, 0.25) is 5.91 Å². The van der Waals surface area contributed by atoms with Gasteiger partial charge in [-0.2, -0.15) is 11.3 Å². The average Bonchev–Trinajstić information content (AvgIpc) is 3.17. The molecule has 0 radical (unpaired) electrons. The lowest BCUT2D eigenvalue weighted by Crippen LogP contribution is -2.35. The lowest BCUT2D eigenvalue weighted by molar-refractivity contribution is -0.121. The molecule has 138 valence electrons. The van der Waals surface area contributed by atoms with E-state index in [4.69, 9.17) is 11.6 Å². The highest BCUT2D eigenvalue weighted by atomic mass is 35.5. The van der Waals surface area contributed by atoms with Crippen LogP contribution < -0.4 is 16.0 Å². The molecule has 1 aromatic carbocycles. The van der Waals surface area contributed by atoms with Crippen molar-refractivity contribution in [2.45, 2.75) is 12.8 Å². The molecule has 0 aliphatic heterocycles. The number of thiophene rings is 1. The zero-order valence-electron chi connectivity index (χ0n) is 14.1. The Morgan fingerprint density at radius 2 is 1.50 bits per heavy atom. The Hall–Kier alpha value is -2.38. The third-order valence-corrected chi connectivity index (χ3v) is 4.42. The van der Waals surface area contributed by atoms with Crippen molar-refractivity contribution < 1.29 is 14.4 Å². The molecule has 0 spiro atoms. The van der Waals surface area contributed by atoms with Crippen LogP contribution in [0.5, 0.6) is 0 Å². The molecule has 1 heterocycles. The predicted molar refractivity (Wildman–Crippen MR) is 103 cm³/mol. The first-order valence-corrected chi connectivity index (χ1v) is 9.49. The first-order chi connectivity index (χ1) is 12.6. The lowest BCUT2D eigenvalue weighted by atomic mass is 10.2. The van der Waals surface area contributed by atoms with E-state index in [0.717, 1.165) is 0 Å². The zero-order chi connectivity index (χ0) is 18.8. The van der Waals surface area contributed by atoms with Gasteiger partial charge in [-0.1, -0.05) is 11.6 Å². The van der Waals surface area contributed by atoms with Gasteiger partial charge >= 0.3 is 0 Å². The average molecular weight is 394 g/mol. The molecule has 1 aromatic heterocycles. The van der Waals surface area contributed by atoms with Gasteiger partial charge in [-0.25, -0.2) is 0 Å². The number of halogens is 1. The highest BCUT2D eigenvalue weighted by Gasteiger charge is 2.07. The van der Waals surface area contributed by atoms with E-state index < -0.39 is 0 Å². The van der Waals surface area contributed by atoms with Gasteiger partial charge in [0.15, 0.2) is 0 Å². The van der Waals surface area contributed by atoms with Crippen molar-refractivity contribution in [1.82, 2.24) is 16.0 Å². The fourth-order valence-corrected chi connectivity index (χ4v) is 2.88. The number of hydrogen-bond donors (Lipinski definition) is 3. The van der Waals surface area contributed by atoms with E-state index in [-0.39, 0.29) is 17.7 Å². The summed E-state index contributed by atoms with van der Waals surface area (Å²) in [6, 6.07) is 8.33. The number of rotatable bonds is 9. The summed E-state index contributed by atoms with van der Waals surface area (Å²) in [6.45, 7) is 1.12. The predicted octanol–water partition coefficient (Wildman–Crippen LogP) is 2.46. The minimum Gasteiger partial charge on any atom is -0.354 e. The van der Waals surface area contributed by atoms with E-state index >= 15 is 0 Å². The van der Waals surface area contributed by atoms with Gasteiger partial charge < -0.3 is 16.0 Å². The van der Waals surface area contributed by atoms with Crippen molar-refractivity contribution in [3.63, 3.8) is 0 Å². The van der Waals surface area contributed by atoms with Crippen molar-refractivity contribution in [2.75, 3.05) is 19.6 Å². The van der Waals surface area contributed by atoms with Crippen molar-refractivity contribution >= 4 is 40.7 Å². The molecule has 0 aliphatic rings. The molecule has 8 heteroatoms. The van der Waals surface area contributed by atoms with E-state index in [2.05, 4.69) is 16.0 Å². The Morgan fingerprint density at radius 3 is 2.19 bits per heavy atom. The van der Waals surface area contributed by atoms with Crippen molar-refractivity contribution in [3.05, 3.63) is 57.2 Å². The van der Waals surface area contributed by atoms with Crippen LogP contribution in [0.2, 0.25) is 5.02 Å². The number of hydrogen-bond acceptors (Lipinski definition) is 4. The summed E-state index contributed by atoms with van der Waals surface area (Å²) in [6.07, 6.45) is 0.869. The molecular weight excluding hydrogens is 374 g/mol. The van der Waals surface area contributed by atoms with Crippen LogP contribution in [0.1, 0.15) is 33.6 Å². The molecule has 3 N–H and O–H groups in total. The number of benzene rings is 1. The minimum absolute atomic E-state index is 0.115. The van der Waals surface area contributed by atoms with Gasteiger partial charge in [-0.05, 0) is 42.1 Å². The molecule has 0 bridgehead atoms. The Kier molecular flexibility index (Phi) is 8.11. The number of amides is 3. The van der Waals surface area contributed by atoms with E-state index in [1.165, 1.54) is 11.3 Å². The Bertz CT molecular complexity index is 733. The fraction of sp³-hybridized carbons (Fsp3) is 0.278. The van der Waals surface area contributed by atoms with Crippen LogP contribution >= 0.6 is 22.9 Å². The maximum Gasteiger partial charge on any atom is 0.252 e. The maximum absolute atomic E-state index is 11.9. The lowest BCUT2D eigenvalue weighted by Gasteiger charge is -2.08. The second-order valence-electron chi connectivity index (χ2n) is 5.48. The third kappa shape index (κ3) is 6.85. The number of carbonyl (C=O) groups is 3. The molecule has 6 nitrogen and oxygen atoms in total. The van der Waals surface area contributed by atoms with Crippen LogP contribution in [0.4, 0.5) is 0 Å². The molecular formula is C18H20ClN3O3S. The molecule has 2 aromatic rings. The summed E-state index contributed by atoms with van der Waals surface area (Å²) in [5, 5.41) is 12.4. The van der Waals surface area contributed by atoms with Gasteiger partial charge in [0.1, 0.15) is 0 Å². The normalized spacial score (nSPS) is 10.2. The maximum atomic E-state index is 11.9. The summed E-state index contributed by atoms with van der Waals surface area (Å²) in [4.78, 5) is 35.3. The van der Waals surface area contributed by atoms with Crippen LogP contribution in [0.15, 0.2) is 41.1 Å². The van der Waals surface area contributed by atoms with Gasteiger partial charge in [-0.15, -0.1) is 0 Å². The Morgan fingerprint density at radius 1 is 0.846 bits per heavy atom. The standard InChI is InChI=1S/C18H20ClN3O3S/c19-15-5-3-13(4-6-15)17(24)22-10-9-20-16(23)2-1-8-21-18(25)14-7-11-26-12-14/h3-7,11-12H,1-2,8-10H2,(H,20,23)(H,21,25)(H,22,24). The molecule has 3 amide bonds. The second-order valence-corrected chi connectivity index (χ2v) is 6.70. The molecule has 0 unspecified atom stereocenters. The van der Waals surface area contributed by atoms with Gasteiger partial charge in [-0.3, -0.25) is 14.4 Å². The van der Waals surface area contributed by atoms with Crippen LogP contribution in [0.25, 0.3) is 0 Å². The van der Waals surface area contributed by atoms with Crippen molar-refractivity contribution in [1.29, 1.82) is 0 Å². The van der Waals surface area contributed by atoms with Crippen molar-refractivity contribution in [3.8, 4) is 0 Å². The number of carbonyl (C=O) groups excluding carboxylic acids is 3. The summed E-state index contributed by atoms with van der Waals surface area (Å²) >= 11 is 7.23. The first kappa shape index (κ1) is 19.9. The molecule has 0 saturated carbocycles. The topological polar surface area (TPSA) is 87.3 Å². The SMILES string of the molecule is O=C(CCCNC(=O)c1ccsc1)NCCNC(=O)c1ccc(Cl)cc1. The second kappa shape index (κ2) is 10.6. The Balaban J connectivity index is 1.53. The van der Waals surface area contributed by atoms with Crippen molar-refractivity contribution in [2.24, 2.45) is 0 Å². The molecule has 26 heavy (non-hydrogen) atoms. The van der Waals surface area contributed by atoms with Crippen LogP contribution in [-0.4, -0.2) is 37.4 Å².